The molecule has 0 spiro atoms. The number of benzene rings is 1. The van der Waals surface area contributed by atoms with Gasteiger partial charge in [-0.3, -0.25) is 9.69 Å². The van der Waals surface area contributed by atoms with E-state index in [0.29, 0.717) is 0 Å². The number of piperidine rings is 1. The Kier molecular flexibility index (Phi) is 5.80. The van der Waals surface area contributed by atoms with Crippen LogP contribution in [-0.2, 0) is 4.79 Å². The van der Waals surface area contributed by atoms with Crippen molar-refractivity contribution in [1.82, 2.24) is 9.80 Å². The molecule has 116 valence electrons. The molecule has 1 aromatic carbocycles. The van der Waals surface area contributed by atoms with Crippen LogP contribution in [0.4, 0.5) is 0 Å². The lowest BCUT2D eigenvalue weighted by molar-refractivity contribution is -0.138. The van der Waals surface area contributed by atoms with Gasteiger partial charge in [-0.25, -0.2) is 0 Å². The molecular formula is C18H28N2O. The third kappa shape index (κ3) is 3.85. The lowest BCUT2D eigenvalue weighted by Gasteiger charge is -2.37. The van der Waals surface area contributed by atoms with E-state index in [1.807, 2.05) is 30.1 Å². The number of carbonyl (C=O) groups is 1. The predicted molar refractivity (Wildman–Crippen MR) is 87.1 cm³/mol. The second kappa shape index (κ2) is 7.60. The highest BCUT2D eigenvalue weighted by molar-refractivity contribution is 5.83. The molecule has 3 nitrogen and oxygen atoms in total. The fourth-order valence-corrected chi connectivity index (χ4v) is 3.01. The normalized spacial score (nSPS) is 19.0. The summed E-state index contributed by atoms with van der Waals surface area (Å²) >= 11 is 0. The van der Waals surface area contributed by atoms with E-state index >= 15 is 0 Å². The first kappa shape index (κ1) is 16.0. The van der Waals surface area contributed by atoms with E-state index in [1.165, 1.54) is 19.3 Å². The quantitative estimate of drug-likeness (QED) is 0.828. The van der Waals surface area contributed by atoms with Gasteiger partial charge >= 0.3 is 0 Å². The van der Waals surface area contributed by atoms with Crippen LogP contribution in [0.3, 0.4) is 0 Å². The van der Waals surface area contributed by atoms with Crippen molar-refractivity contribution in [2.75, 3.05) is 20.1 Å². The van der Waals surface area contributed by atoms with Gasteiger partial charge in [0.1, 0.15) is 6.04 Å². The number of hydrogen-bond donors (Lipinski definition) is 0. The summed E-state index contributed by atoms with van der Waals surface area (Å²) in [5.41, 5.74) is 1.12. The number of carbonyl (C=O) groups excluding carboxylic acids is 1. The Morgan fingerprint density at radius 1 is 1.19 bits per heavy atom. The molecule has 0 N–H and O–H groups in total. The molecule has 1 aliphatic heterocycles. The Labute approximate surface area is 128 Å². The smallest absolute Gasteiger partial charge is 0.244 e. The fraction of sp³-hybridized carbons (Fsp3) is 0.611. The number of hydrogen-bond acceptors (Lipinski definition) is 2. The van der Waals surface area contributed by atoms with Crippen LogP contribution >= 0.6 is 0 Å². The third-order valence-electron chi connectivity index (χ3n) is 4.70. The van der Waals surface area contributed by atoms with Crippen molar-refractivity contribution in [1.29, 1.82) is 0 Å². The molecule has 0 saturated carbocycles. The minimum Gasteiger partial charge on any atom is -0.341 e. The van der Waals surface area contributed by atoms with E-state index in [1.54, 1.807) is 0 Å². The topological polar surface area (TPSA) is 23.6 Å². The molecule has 1 amide bonds. The molecule has 2 atom stereocenters. The lowest BCUT2D eigenvalue weighted by Crippen LogP contribution is -2.46. The lowest BCUT2D eigenvalue weighted by atomic mass is 10.00. The number of amides is 1. The summed E-state index contributed by atoms with van der Waals surface area (Å²) in [6, 6.07) is 10.4. The predicted octanol–water partition coefficient (Wildman–Crippen LogP) is 3.47. The monoisotopic (exact) mass is 288 g/mol. The zero-order valence-electron chi connectivity index (χ0n) is 13.6. The van der Waals surface area contributed by atoms with Gasteiger partial charge in [0.2, 0.25) is 5.91 Å². The molecule has 0 bridgehead atoms. The highest BCUT2D eigenvalue weighted by Crippen LogP contribution is 2.27. The van der Waals surface area contributed by atoms with Crippen molar-refractivity contribution in [2.45, 2.75) is 51.6 Å². The summed E-state index contributed by atoms with van der Waals surface area (Å²) in [5.74, 6) is 0.234. The highest BCUT2D eigenvalue weighted by Gasteiger charge is 2.31. The van der Waals surface area contributed by atoms with Crippen molar-refractivity contribution < 1.29 is 4.79 Å². The summed E-state index contributed by atoms with van der Waals surface area (Å²) in [6.07, 6.45) is 4.67. The molecular weight excluding hydrogens is 260 g/mol. The number of likely N-dealkylation sites (tertiary alicyclic amines) is 1. The van der Waals surface area contributed by atoms with Gasteiger partial charge in [-0.05, 0) is 44.8 Å². The molecule has 0 aromatic heterocycles. The first-order valence-corrected chi connectivity index (χ1v) is 8.20. The van der Waals surface area contributed by atoms with Gasteiger partial charge in [0.05, 0.1) is 0 Å². The van der Waals surface area contributed by atoms with Crippen molar-refractivity contribution in [2.24, 2.45) is 0 Å². The maximum Gasteiger partial charge on any atom is 0.244 e. The van der Waals surface area contributed by atoms with Crippen LogP contribution in [0.25, 0.3) is 0 Å². The van der Waals surface area contributed by atoms with Gasteiger partial charge in [-0.2, -0.15) is 0 Å². The molecule has 1 aromatic rings. The van der Waals surface area contributed by atoms with Gasteiger partial charge in [0.15, 0.2) is 0 Å². The van der Waals surface area contributed by atoms with E-state index in [-0.39, 0.29) is 18.0 Å². The zero-order valence-corrected chi connectivity index (χ0v) is 13.6. The SMILES string of the molecule is CCC(C)N(C)C(=O)C(c1ccccc1)N1CCCCC1. The van der Waals surface area contributed by atoms with E-state index in [9.17, 15) is 4.79 Å². The summed E-state index contributed by atoms with van der Waals surface area (Å²) in [6.45, 7) is 6.31. The summed E-state index contributed by atoms with van der Waals surface area (Å²) < 4.78 is 0. The van der Waals surface area contributed by atoms with Crippen LogP contribution < -0.4 is 0 Å². The van der Waals surface area contributed by atoms with E-state index in [0.717, 1.165) is 25.1 Å². The Bertz CT molecular complexity index is 440. The van der Waals surface area contributed by atoms with E-state index in [4.69, 9.17) is 0 Å². The fourth-order valence-electron chi connectivity index (χ4n) is 3.01. The van der Waals surface area contributed by atoms with Crippen molar-refractivity contribution in [3.8, 4) is 0 Å². The van der Waals surface area contributed by atoms with Crippen LogP contribution in [0, 0.1) is 0 Å². The molecule has 1 aliphatic rings. The highest BCUT2D eigenvalue weighted by atomic mass is 16.2. The van der Waals surface area contributed by atoms with Crippen molar-refractivity contribution in [3.05, 3.63) is 35.9 Å². The third-order valence-corrected chi connectivity index (χ3v) is 4.70. The summed E-state index contributed by atoms with van der Waals surface area (Å²) in [4.78, 5) is 17.3. The maximum atomic E-state index is 13.0. The van der Waals surface area contributed by atoms with Crippen LogP contribution in [-0.4, -0.2) is 41.9 Å². The molecule has 0 aliphatic carbocycles. The Hall–Kier alpha value is -1.35. The molecule has 2 unspecified atom stereocenters. The minimum atomic E-state index is -0.120. The van der Waals surface area contributed by atoms with Crippen molar-refractivity contribution >= 4 is 5.91 Å². The standard InChI is InChI=1S/C18H28N2O/c1-4-15(2)19(3)18(21)17(16-11-7-5-8-12-16)20-13-9-6-10-14-20/h5,7-8,11-12,15,17H,4,6,9-10,13-14H2,1-3H3. The average Bonchev–Trinajstić information content (AvgIpc) is 2.55. The summed E-state index contributed by atoms with van der Waals surface area (Å²) in [7, 11) is 1.94. The maximum absolute atomic E-state index is 13.0. The zero-order chi connectivity index (χ0) is 15.2. The van der Waals surface area contributed by atoms with Gasteiger partial charge < -0.3 is 4.90 Å². The van der Waals surface area contributed by atoms with Gasteiger partial charge in [-0.1, -0.05) is 43.7 Å². The Morgan fingerprint density at radius 3 is 2.38 bits per heavy atom. The largest absolute Gasteiger partial charge is 0.341 e. The number of likely N-dealkylation sites (N-methyl/N-ethyl adjacent to an activating group) is 1. The molecule has 1 heterocycles. The minimum absolute atomic E-state index is 0.120. The second-order valence-corrected chi connectivity index (χ2v) is 6.12. The molecule has 1 saturated heterocycles. The number of rotatable bonds is 5. The molecule has 0 radical (unpaired) electrons. The Morgan fingerprint density at radius 2 is 1.81 bits per heavy atom. The van der Waals surface area contributed by atoms with Gasteiger partial charge in [-0.15, -0.1) is 0 Å². The average molecular weight is 288 g/mol. The van der Waals surface area contributed by atoms with E-state index < -0.39 is 0 Å². The molecule has 1 fully saturated rings. The molecule has 21 heavy (non-hydrogen) atoms. The van der Waals surface area contributed by atoms with Gasteiger partial charge in [0, 0.05) is 13.1 Å². The first-order valence-electron chi connectivity index (χ1n) is 8.20. The van der Waals surface area contributed by atoms with E-state index in [2.05, 4.69) is 30.9 Å². The number of nitrogens with zero attached hydrogens (tertiary/aromatic N) is 2. The van der Waals surface area contributed by atoms with Gasteiger partial charge in [0.25, 0.3) is 0 Å². The van der Waals surface area contributed by atoms with Crippen LogP contribution in [0.2, 0.25) is 0 Å². The summed E-state index contributed by atoms with van der Waals surface area (Å²) in [5, 5.41) is 0. The van der Waals surface area contributed by atoms with Crippen LogP contribution in [0.15, 0.2) is 30.3 Å². The molecule has 3 heteroatoms. The Balaban J connectivity index is 2.25. The second-order valence-electron chi connectivity index (χ2n) is 6.12. The van der Waals surface area contributed by atoms with Crippen LogP contribution in [0.1, 0.15) is 51.1 Å². The molecule has 2 rings (SSSR count). The van der Waals surface area contributed by atoms with Crippen LogP contribution in [0.5, 0.6) is 0 Å². The first-order chi connectivity index (χ1) is 10.1. The van der Waals surface area contributed by atoms with Crippen molar-refractivity contribution in [3.63, 3.8) is 0 Å².